The van der Waals surface area contributed by atoms with E-state index in [0.717, 1.165) is 11.3 Å². The zero-order valence-corrected chi connectivity index (χ0v) is 12.4. The molecule has 1 unspecified atom stereocenters. The lowest BCUT2D eigenvalue weighted by atomic mass is 10.1. The van der Waals surface area contributed by atoms with Gasteiger partial charge in [0.25, 0.3) is 0 Å². The molecular weight excluding hydrogens is 262 g/mol. The van der Waals surface area contributed by atoms with Crippen molar-refractivity contribution in [3.63, 3.8) is 0 Å². The molecule has 4 nitrogen and oxygen atoms in total. The van der Waals surface area contributed by atoms with Crippen molar-refractivity contribution in [2.45, 2.75) is 39.3 Å². The van der Waals surface area contributed by atoms with Gasteiger partial charge in [-0.25, -0.2) is 0 Å². The van der Waals surface area contributed by atoms with Crippen LogP contribution < -0.4 is 16.4 Å². The Kier molecular flexibility index (Phi) is 6.12. The Hall–Kier alpha value is -1.26. The van der Waals surface area contributed by atoms with Gasteiger partial charge in [0.1, 0.15) is 0 Å². The van der Waals surface area contributed by atoms with Gasteiger partial charge in [-0.3, -0.25) is 4.79 Å². The van der Waals surface area contributed by atoms with Crippen molar-refractivity contribution in [3.8, 4) is 0 Å². The van der Waals surface area contributed by atoms with Gasteiger partial charge in [-0.1, -0.05) is 17.7 Å². The van der Waals surface area contributed by atoms with Crippen molar-refractivity contribution in [2.75, 3.05) is 11.9 Å². The van der Waals surface area contributed by atoms with Crippen LogP contribution in [-0.2, 0) is 4.79 Å². The van der Waals surface area contributed by atoms with Crippen molar-refractivity contribution in [1.82, 2.24) is 5.32 Å². The van der Waals surface area contributed by atoms with E-state index in [9.17, 15) is 4.79 Å². The Morgan fingerprint density at radius 1 is 1.42 bits per heavy atom. The Morgan fingerprint density at radius 3 is 2.63 bits per heavy atom. The third-order valence-electron chi connectivity index (χ3n) is 2.71. The Bertz CT molecular complexity index is 435. The van der Waals surface area contributed by atoms with E-state index in [4.69, 9.17) is 17.3 Å². The van der Waals surface area contributed by atoms with Gasteiger partial charge in [0.2, 0.25) is 5.91 Å². The van der Waals surface area contributed by atoms with Crippen LogP contribution in [-0.4, -0.2) is 24.5 Å². The molecule has 0 saturated heterocycles. The topological polar surface area (TPSA) is 67.1 Å². The number of hydrogen-bond acceptors (Lipinski definition) is 3. The summed E-state index contributed by atoms with van der Waals surface area (Å²) in [6.07, 6.45) is 0.347. The number of amides is 1. The van der Waals surface area contributed by atoms with E-state index in [2.05, 4.69) is 10.6 Å². The molecule has 0 spiro atoms. The maximum atomic E-state index is 11.7. The summed E-state index contributed by atoms with van der Waals surface area (Å²) in [5.74, 6) is -0.00356. The van der Waals surface area contributed by atoms with Crippen LogP contribution in [0.2, 0.25) is 5.02 Å². The molecule has 1 aromatic rings. The largest absolute Gasteiger partial charge is 0.380 e. The summed E-state index contributed by atoms with van der Waals surface area (Å²) in [6.45, 7) is 6.20. The van der Waals surface area contributed by atoms with E-state index in [-0.39, 0.29) is 18.0 Å². The molecule has 0 aliphatic heterocycles. The van der Waals surface area contributed by atoms with Crippen molar-refractivity contribution < 1.29 is 4.79 Å². The third-order valence-corrected chi connectivity index (χ3v) is 3.12. The highest BCUT2D eigenvalue weighted by Gasteiger charge is 2.13. The molecule has 4 N–H and O–H groups in total. The monoisotopic (exact) mass is 283 g/mol. The fourth-order valence-electron chi connectivity index (χ4n) is 1.72. The SMILES string of the molecule is Cc1ccc(NC(CN)CC(=O)NC(C)C)cc1Cl. The minimum absolute atomic E-state index is 0.00356. The molecule has 1 amide bonds. The van der Waals surface area contributed by atoms with E-state index >= 15 is 0 Å². The number of carbonyl (C=O) groups excluding carboxylic acids is 1. The second-order valence-corrected chi connectivity index (χ2v) is 5.37. The number of nitrogens with two attached hydrogens (primary N) is 1. The lowest BCUT2D eigenvalue weighted by molar-refractivity contribution is -0.121. The number of carbonyl (C=O) groups is 1. The highest BCUT2D eigenvalue weighted by atomic mass is 35.5. The van der Waals surface area contributed by atoms with E-state index in [1.807, 2.05) is 39.0 Å². The van der Waals surface area contributed by atoms with Crippen LogP contribution in [0, 0.1) is 6.92 Å². The third kappa shape index (κ3) is 5.49. The lowest BCUT2D eigenvalue weighted by Gasteiger charge is -2.19. The van der Waals surface area contributed by atoms with Crippen LogP contribution in [0.3, 0.4) is 0 Å². The molecule has 1 aromatic carbocycles. The maximum Gasteiger partial charge on any atom is 0.222 e. The molecule has 0 aliphatic carbocycles. The van der Waals surface area contributed by atoms with Crippen molar-refractivity contribution >= 4 is 23.2 Å². The maximum absolute atomic E-state index is 11.7. The summed E-state index contributed by atoms with van der Waals surface area (Å²) in [7, 11) is 0. The number of hydrogen-bond donors (Lipinski definition) is 3. The predicted octanol–water partition coefficient (Wildman–Crippen LogP) is 2.30. The predicted molar refractivity (Wildman–Crippen MR) is 80.5 cm³/mol. The number of rotatable bonds is 6. The molecule has 0 heterocycles. The standard InChI is InChI=1S/C14H22ClN3O/c1-9(2)17-14(19)7-12(8-16)18-11-5-4-10(3)13(15)6-11/h4-6,9,12,18H,7-8,16H2,1-3H3,(H,17,19). The number of halogens is 1. The van der Waals surface area contributed by atoms with Crippen LogP contribution in [0.5, 0.6) is 0 Å². The number of anilines is 1. The second-order valence-electron chi connectivity index (χ2n) is 4.97. The molecule has 106 valence electrons. The molecule has 5 heteroatoms. The van der Waals surface area contributed by atoms with Gasteiger partial charge >= 0.3 is 0 Å². The average Bonchev–Trinajstić information content (AvgIpc) is 2.32. The molecule has 1 atom stereocenters. The van der Waals surface area contributed by atoms with E-state index in [0.29, 0.717) is 18.0 Å². The van der Waals surface area contributed by atoms with Crippen LogP contribution in [0.4, 0.5) is 5.69 Å². The van der Waals surface area contributed by atoms with Crippen LogP contribution >= 0.6 is 11.6 Å². The van der Waals surface area contributed by atoms with E-state index < -0.39 is 0 Å². The smallest absolute Gasteiger partial charge is 0.222 e. The zero-order chi connectivity index (χ0) is 14.4. The molecule has 0 aromatic heterocycles. The van der Waals surface area contributed by atoms with Crippen LogP contribution in [0.25, 0.3) is 0 Å². The first kappa shape index (κ1) is 15.8. The summed E-state index contributed by atoms with van der Waals surface area (Å²) in [6, 6.07) is 5.76. The molecular formula is C14H22ClN3O. The second kappa shape index (κ2) is 7.36. The quantitative estimate of drug-likeness (QED) is 0.750. The average molecular weight is 284 g/mol. The van der Waals surface area contributed by atoms with Crippen molar-refractivity contribution in [1.29, 1.82) is 0 Å². The van der Waals surface area contributed by atoms with Crippen molar-refractivity contribution in [3.05, 3.63) is 28.8 Å². The fraction of sp³-hybridized carbons (Fsp3) is 0.500. The Morgan fingerprint density at radius 2 is 2.11 bits per heavy atom. The molecule has 0 aliphatic rings. The lowest BCUT2D eigenvalue weighted by Crippen LogP contribution is -2.38. The summed E-state index contributed by atoms with van der Waals surface area (Å²) in [5.41, 5.74) is 7.59. The number of aryl methyl sites for hydroxylation is 1. The van der Waals surface area contributed by atoms with Gasteiger partial charge in [-0.2, -0.15) is 0 Å². The van der Waals surface area contributed by atoms with Gasteiger partial charge in [0.05, 0.1) is 0 Å². The first-order valence-corrected chi connectivity index (χ1v) is 6.82. The molecule has 1 rings (SSSR count). The summed E-state index contributed by atoms with van der Waals surface area (Å²) in [4.78, 5) is 11.7. The van der Waals surface area contributed by atoms with Crippen LogP contribution in [0.15, 0.2) is 18.2 Å². The highest BCUT2D eigenvalue weighted by molar-refractivity contribution is 6.31. The Labute approximate surface area is 119 Å². The molecule has 0 fully saturated rings. The van der Waals surface area contributed by atoms with Gasteiger partial charge in [-0.05, 0) is 38.5 Å². The minimum Gasteiger partial charge on any atom is -0.380 e. The number of benzene rings is 1. The molecule has 0 bridgehead atoms. The van der Waals surface area contributed by atoms with Crippen LogP contribution in [0.1, 0.15) is 25.8 Å². The Balaban J connectivity index is 2.61. The van der Waals surface area contributed by atoms with Gasteiger partial charge in [-0.15, -0.1) is 0 Å². The minimum atomic E-state index is -0.0995. The summed E-state index contributed by atoms with van der Waals surface area (Å²) < 4.78 is 0. The van der Waals surface area contributed by atoms with Gasteiger partial charge in [0, 0.05) is 35.8 Å². The molecule has 19 heavy (non-hydrogen) atoms. The normalized spacial score (nSPS) is 12.3. The summed E-state index contributed by atoms with van der Waals surface area (Å²) in [5, 5.41) is 6.79. The van der Waals surface area contributed by atoms with E-state index in [1.54, 1.807) is 0 Å². The zero-order valence-electron chi connectivity index (χ0n) is 11.7. The highest BCUT2D eigenvalue weighted by Crippen LogP contribution is 2.20. The summed E-state index contributed by atoms with van der Waals surface area (Å²) >= 11 is 6.06. The first-order chi connectivity index (χ1) is 8.92. The number of nitrogens with one attached hydrogen (secondary N) is 2. The van der Waals surface area contributed by atoms with Gasteiger partial charge in [0.15, 0.2) is 0 Å². The van der Waals surface area contributed by atoms with Gasteiger partial charge < -0.3 is 16.4 Å². The van der Waals surface area contributed by atoms with E-state index in [1.165, 1.54) is 0 Å². The van der Waals surface area contributed by atoms with Crippen molar-refractivity contribution in [2.24, 2.45) is 5.73 Å². The first-order valence-electron chi connectivity index (χ1n) is 6.44. The molecule has 0 radical (unpaired) electrons. The molecule has 0 saturated carbocycles. The fourth-order valence-corrected chi connectivity index (χ4v) is 1.90.